The topological polar surface area (TPSA) is 79.2 Å². The molecule has 4 rings (SSSR count). The minimum absolute atomic E-state index is 0.107. The van der Waals surface area contributed by atoms with E-state index in [1.54, 1.807) is 0 Å². The molecule has 3 N–H and O–H groups in total. The van der Waals surface area contributed by atoms with Crippen LogP contribution in [0.1, 0.15) is 21.8 Å². The number of pyridine rings is 1. The van der Waals surface area contributed by atoms with Crippen molar-refractivity contribution in [2.24, 2.45) is 11.7 Å². The van der Waals surface area contributed by atoms with Crippen LogP contribution in [0.3, 0.4) is 0 Å². The van der Waals surface area contributed by atoms with Gasteiger partial charge in [0.2, 0.25) is 5.56 Å². The third-order valence-corrected chi connectivity index (χ3v) is 5.24. The number of nitrogens with one attached hydrogen (secondary N) is 1. The Morgan fingerprint density at radius 2 is 1.81 bits per heavy atom. The summed E-state index contributed by atoms with van der Waals surface area (Å²) < 4.78 is 0. The molecule has 0 radical (unpaired) electrons. The lowest BCUT2D eigenvalue weighted by atomic mass is 9.89. The van der Waals surface area contributed by atoms with Crippen molar-refractivity contribution in [1.29, 1.82) is 0 Å². The van der Waals surface area contributed by atoms with Gasteiger partial charge in [0.15, 0.2) is 0 Å². The van der Waals surface area contributed by atoms with Gasteiger partial charge in [0, 0.05) is 36.0 Å². The van der Waals surface area contributed by atoms with E-state index in [9.17, 15) is 9.59 Å². The fourth-order valence-electron chi connectivity index (χ4n) is 3.91. The van der Waals surface area contributed by atoms with E-state index in [-0.39, 0.29) is 23.3 Å². The summed E-state index contributed by atoms with van der Waals surface area (Å²) in [6.07, 6.45) is 0. The number of aromatic amines is 1. The van der Waals surface area contributed by atoms with Gasteiger partial charge in [-0.05, 0) is 24.1 Å². The molecule has 132 valence electrons. The Bertz CT molecular complexity index is 997. The van der Waals surface area contributed by atoms with Crippen LogP contribution in [-0.4, -0.2) is 35.4 Å². The van der Waals surface area contributed by atoms with E-state index < -0.39 is 0 Å². The van der Waals surface area contributed by atoms with Gasteiger partial charge in [-0.2, -0.15) is 0 Å². The van der Waals surface area contributed by atoms with Gasteiger partial charge in [-0.1, -0.05) is 48.5 Å². The Hall–Kier alpha value is -2.92. The number of aromatic nitrogens is 1. The summed E-state index contributed by atoms with van der Waals surface area (Å²) in [5, 5.41) is 0.768. The lowest BCUT2D eigenvalue weighted by Crippen LogP contribution is -2.30. The number of fused-ring (bicyclic) bond motifs is 1. The Morgan fingerprint density at radius 1 is 1.08 bits per heavy atom. The maximum absolute atomic E-state index is 13.2. The Kier molecular flexibility index (Phi) is 4.31. The number of benzene rings is 2. The monoisotopic (exact) mass is 347 g/mol. The van der Waals surface area contributed by atoms with Crippen LogP contribution in [0.25, 0.3) is 10.9 Å². The molecule has 5 heteroatoms. The Balaban J connectivity index is 1.69. The number of carbonyl (C=O) groups excluding carboxylic acids is 1. The normalized spacial score (nSPS) is 19.8. The summed E-state index contributed by atoms with van der Waals surface area (Å²) in [6, 6.07) is 19.0. The molecule has 0 bridgehead atoms. The molecule has 3 aromatic rings. The summed E-state index contributed by atoms with van der Waals surface area (Å²) >= 11 is 0. The van der Waals surface area contributed by atoms with E-state index in [1.165, 1.54) is 11.6 Å². The van der Waals surface area contributed by atoms with Crippen LogP contribution in [0.2, 0.25) is 0 Å². The van der Waals surface area contributed by atoms with E-state index in [0.717, 1.165) is 5.39 Å². The van der Waals surface area contributed by atoms with Gasteiger partial charge in [0.25, 0.3) is 5.91 Å². The molecule has 2 aromatic carbocycles. The minimum atomic E-state index is -0.263. The fourth-order valence-corrected chi connectivity index (χ4v) is 3.91. The van der Waals surface area contributed by atoms with Gasteiger partial charge in [0.05, 0.1) is 5.56 Å². The second-order valence-corrected chi connectivity index (χ2v) is 6.82. The average Bonchev–Trinajstić information content (AvgIpc) is 3.12. The second kappa shape index (κ2) is 6.77. The van der Waals surface area contributed by atoms with E-state index in [0.29, 0.717) is 30.7 Å². The molecule has 1 fully saturated rings. The Labute approximate surface area is 151 Å². The molecule has 1 aliphatic rings. The number of likely N-dealkylation sites (tertiary alicyclic amines) is 1. The molecule has 2 atom stereocenters. The number of amides is 1. The summed E-state index contributed by atoms with van der Waals surface area (Å²) in [4.78, 5) is 29.8. The summed E-state index contributed by atoms with van der Waals surface area (Å²) in [5.41, 5.74) is 8.06. The zero-order valence-corrected chi connectivity index (χ0v) is 14.4. The predicted octanol–water partition coefficient (Wildman–Crippen LogP) is 2.34. The number of hydrogen-bond acceptors (Lipinski definition) is 3. The Morgan fingerprint density at radius 3 is 2.58 bits per heavy atom. The molecule has 0 spiro atoms. The number of para-hydroxylation sites is 1. The van der Waals surface area contributed by atoms with Crippen molar-refractivity contribution < 1.29 is 4.79 Å². The molecule has 0 saturated carbocycles. The maximum Gasteiger partial charge on any atom is 0.254 e. The van der Waals surface area contributed by atoms with Gasteiger partial charge in [-0.3, -0.25) is 9.59 Å². The van der Waals surface area contributed by atoms with Gasteiger partial charge in [0.1, 0.15) is 0 Å². The van der Waals surface area contributed by atoms with Crippen molar-refractivity contribution in [1.82, 2.24) is 9.88 Å². The van der Waals surface area contributed by atoms with Crippen LogP contribution in [-0.2, 0) is 0 Å². The molecule has 2 heterocycles. The second-order valence-electron chi connectivity index (χ2n) is 6.82. The highest BCUT2D eigenvalue weighted by atomic mass is 16.2. The molecule has 0 aliphatic carbocycles. The number of rotatable bonds is 3. The van der Waals surface area contributed by atoms with Crippen LogP contribution < -0.4 is 11.3 Å². The van der Waals surface area contributed by atoms with Crippen molar-refractivity contribution in [2.75, 3.05) is 19.6 Å². The fraction of sp³-hybridized carbons (Fsp3) is 0.238. The molecule has 1 amide bonds. The van der Waals surface area contributed by atoms with Gasteiger partial charge >= 0.3 is 0 Å². The molecule has 1 aromatic heterocycles. The first-order valence-electron chi connectivity index (χ1n) is 8.83. The van der Waals surface area contributed by atoms with Gasteiger partial charge in [-0.15, -0.1) is 0 Å². The maximum atomic E-state index is 13.2. The highest BCUT2D eigenvalue weighted by Crippen LogP contribution is 2.33. The summed E-state index contributed by atoms with van der Waals surface area (Å²) in [7, 11) is 0. The highest BCUT2D eigenvalue weighted by molar-refractivity contribution is 6.06. The quantitative estimate of drug-likeness (QED) is 0.763. The largest absolute Gasteiger partial charge is 0.338 e. The third-order valence-electron chi connectivity index (χ3n) is 5.24. The van der Waals surface area contributed by atoms with Crippen LogP contribution >= 0.6 is 0 Å². The molecule has 26 heavy (non-hydrogen) atoms. The zero-order chi connectivity index (χ0) is 18.1. The molecule has 5 nitrogen and oxygen atoms in total. The van der Waals surface area contributed by atoms with E-state index >= 15 is 0 Å². The number of hydrogen-bond donors (Lipinski definition) is 2. The first-order chi connectivity index (χ1) is 12.7. The number of nitrogens with zero attached hydrogens (tertiary/aromatic N) is 1. The first kappa shape index (κ1) is 16.5. The smallest absolute Gasteiger partial charge is 0.254 e. The van der Waals surface area contributed by atoms with Gasteiger partial charge in [-0.25, -0.2) is 0 Å². The highest BCUT2D eigenvalue weighted by Gasteiger charge is 2.36. The molecule has 1 saturated heterocycles. The molecule has 1 aliphatic heterocycles. The standard InChI is InChI=1S/C21H21N3O2/c22-11-15-12-24(13-18(15)14-6-2-1-3-7-14)21(26)17-10-20(25)23-19-9-5-4-8-16(17)19/h1-10,15,18H,11-13,22H2,(H,23,25)/t15-,18+/m1/s1. The van der Waals surface area contributed by atoms with Crippen molar-refractivity contribution in [2.45, 2.75) is 5.92 Å². The van der Waals surface area contributed by atoms with Crippen molar-refractivity contribution in [3.05, 3.63) is 82.1 Å². The molecular weight excluding hydrogens is 326 g/mol. The van der Waals surface area contributed by atoms with Crippen molar-refractivity contribution >= 4 is 16.8 Å². The van der Waals surface area contributed by atoms with E-state index in [2.05, 4.69) is 17.1 Å². The molecule has 0 unspecified atom stereocenters. The first-order valence-corrected chi connectivity index (χ1v) is 8.83. The summed E-state index contributed by atoms with van der Waals surface area (Å²) in [6.45, 7) is 1.75. The number of carbonyl (C=O) groups is 1. The predicted molar refractivity (Wildman–Crippen MR) is 102 cm³/mol. The third kappa shape index (κ3) is 2.91. The summed E-state index contributed by atoms with van der Waals surface area (Å²) in [5.74, 6) is 0.331. The number of H-pyrrole nitrogens is 1. The lowest BCUT2D eigenvalue weighted by Gasteiger charge is -2.17. The lowest BCUT2D eigenvalue weighted by molar-refractivity contribution is 0.0788. The average molecular weight is 347 g/mol. The van der Waals surface area contributed by atoms with Crippen LogP contribution in [0.15, 0.2) is 65.5 Å². The van der Waals surface area contributed by atoms with Gasteiger partial charge < -0.3 is 15.6 Å². The van der Waals surface area contributed by atoms with E-state index in [4.69, 9.17) is 5.73 Å². The minimum Gasteiger partial charge on any atom is -0.338 e. The SMILES string of the molecule is NC[C@@H]1CN(C(=O)c2cc(=O)[nH]c3ccccc23)C[C@H]1c1ccccc1. The van der Waals surface area contributed by atoms with Crippen molar-refractivity contribution in [3.8, 4) is 0 Å². The van der Waals surface area contributed by atoms with E-state index in [1.807, 2.05) is 47.4 Å². The van der Waals surface area contributed by atoms with Crippen LogP contribution in [0.5, 0.6) is 0 Å². The number of nitrogens with two attached hydrogens (primary N) is 1. The van der Waals surface area contributed by atoms with Crippen LogP contribution in [0.4, 0.5) is 0 Å². The van der Waals surface area contributed by atoms with Crippen LogP contribution in [0, 0.1) is 5.92 Å². The molecular formula is C21H21N3O2. The zero-order valence-electron chi connectivity index (χ0n) is 14.4. The van der Waals surface area contributed by atoms with Crippen molar-refractivity contribution in [3.63, 3.8) is 0 Å².